The molecule has 1 heterocycles. The van der Waals surface area contributed by atoms with Crippen molar-refractivity contribution in [1.29, 1.82) is 10.5 Å². The molecule has 7 nitrogen and oxygen atoms in total. The van der Waals surface area contributed by atoms with E-state index >= 15 is 0 Å². The first-order valence-electron chi connectivity index (χ1n) is 5.30. The topological polar surface area (TPSA) is 120 Å². The summed E-state index contributed by atoms with van der Waals surface area (Å²) >= 11 is 0. The smallest absolute Gasteiger partial charge is 0.247 e. The van der Waals surface area contributed by atoms with Crippen LogP contribution in [0.15, 0.2) is 41.6 Å². The molecule has 0 aliphatic heterocycles. The minimum atomic E-state index is -3.87. The van der Waals surface area contributed by atoms with Gasteiger partial charge in [0.2, 0.25) is 5.95 Å². The van der Waals surface area contributed by atoms with Crippen LogP contribution in [0.3, 0.4) is 0 Å². The van der Waals surface area contributed by atoms with Crippen molar-refractivity contribution in [3.63, 3.8) is 0 Å². The lowest BCUT2D eigenvalue weighted by Gasteiger charge is -2.06. The molecule has 0 atom stereocenters. The molecule has 0 amide bonds. The van der Waals surface area contributed by atoms with Crippen molar-refractivity contribution in [1.82, 2.24) is 9.97 Å². The van der Waals surface area contributed by atoms with Crippen LogP contribution in [0, 0.1) is 22.7 Å². The van der Waals surface area contributed by atoms with Crippen molar-refractivity contribution >= 4 is 16.0 Å². The highest BCUT2D eigenvalue weighted by molar-refractivity contribution is 7.92. The summed E-state index contributed by atoms with van der Waals surface area (Å²) in [5, 5.41) is 17.4. The second-order valence-electron chi connectivity index (χ2n) is 3.65. The summed E-state index contributed by atoms with van der Waals surface area (Å²) in [7, 11) is -3.87. The summed E-state index contributed by atoms with van der Waals surface area (Å²) in [5.41, 5.74) is 0.452. The van der Waals surface area contributed by atoms with E-state index in [0.717, 1.165) is 0 Å². The number of sulfonamides is 1. The van der Waals surface area contributed by atoms with E-state index in [1.54, 1.807) is 0 Å². The molecule has 1 aromatic carbocycles. The summed E-state index contributed by atoms with van der Waals surface area (Å²) in [4.78, 5) is 7.36. The van der Waals surface area contributed by atoms with E-state index in [4.69, 9.17) is 10.5 Å². The van der Waals surface area contributed by atoms with Crippen LogP contribution in [-0.4, -0.2) is 18.4 Å². The highest BCUT2D eigenvalue weighted by Crippen LogP contribution is 2.14. The van der Waals surface area contributed by atoms with Gasteiger partial charge in [0.25, 0.3) is 10.0 Å². The van der Waals surface area contributed by atoms with Gasteiger partial charge in [0.15, 0.2) is 0 Å². The van der Waals surface area contributed by atoms with Crippen LogP contribution >= 0.6 is 0 Å². The number of anilines is 1. The van der Waals surface area contributed by atoms with E-state index in [1.165, 1.54) is 36.7 Å². The molecule has 2 rings (SSSR count). The third kappa shape index (κ3) is 2.88. The predicted octanol–water partition coefficient (Wildman–Crippen LogP) is 1.02. The molecule has 0 aliphatic rings. The van der Waals surface area contributed by atoms with Crippen LogP contribution in [0.25, 0.3) is 0 Å². The zero-order valence-corrected chi connectivity index (χ0v) is 10.8. The summed E-state index contributed by atoms with van der Waals surface area (Å²) < 4.78 is 26.3. The first-order valence-corrected chi connectivity index (χ1v) is 6.78. The Balaban J connectivity index is 2.31. The summed E-state index contributed by atoms with van der Waals surface area (Å²) in [5.74, 6) is -0.147. The lowest BCUT2D eigenvalue weighted by molar-refractivity contribution is 0.600. The van der Waals surface area contributed by atoms with Crippen LogP contribution in [0.5, 0.6) is 0 Å². The molecule has 8 heteroatoms. The van der Waals surface area contributed by atoms with Gasteiger partial charge in [-0.05, 0) is 18.2 Å². The molecule has 0 fully saturated rings. The average molecular weight is 285 g/mol. The van der Waals surface area contributed by atoms with Gasteiger partial charge in [-0.25, -0.2) is 23.1 Å². The number of hydrogen-bond acceptors (Lipinski definition) is 6. The van der Waals surface area contributed by atoms with Crippen molar-refractivity contribution in [3.8, 4) is 12.1 Å². The maximum absolute atomic E-state index is 12.1. The van der Waals surface area contributed by atoms with Gasteiger partial charge in [-0.1, -0.05) is 6.07 Å². The summed E-state index contributed by atoms with van der Waals surface area (Å²) in [6.45, 7) is 0. The fourth-order valence-corrected chi connectivity index (χ4v) is 2.35. The molecule has 20 heavy (non-hydrogen) atoms. The third-order valence-corrected chi connectivity index (χ3v) is 3.61. The Morgan fingerprint density at radius 3 is 2.30 bits per heavy atom. The van der Waals surface area contributed by atoms with Crippen LogP contribution in [0.2, 0.25) is 0 Å². The van der Waals surface area contributed by atoms with Crippen molar-refractivity contribution in [2.75, 3.05) is 4.72 Å². The van der Waals surface area contributed by atoms with E-state index in [-0.39, 0.29) is 22.0 Å². The normalized spacial score (nSPS) is 10.3. The largest absolute Gasteiger partial charge is 0.264 e. The van der Waals surface area contributed by atoms with E-state index in [0.29, 0.717) is 0 Å². The number of aromatic nitrogens is 2. The number of nitriles is 2. The summed E-state index contributed by atoms with van der Waals surface area (Å²) in [6.07, 6.45) is 2.41. The Kier molecular flexibility index (Phi) is 3.60. The maximum Gasteiger partial charge on any atom is 0.264 e. The van der Waals surface area contributed by atoms with Crippen LogP contribution in [-0.2, 0) is 10.0 Å². The molecular weight excluding hydrogens is 278 g/mol. The number of benzene rings is 1. The van der Waals surface area contributed by atoms with Gasteiger partial charge >= 0.3 is 0 Å². The van der Waals surface area contributed by atoms with Gasteiger partial charge in [-0.2, -0.15) is 10.5 Å². The molecule has 2 aromatic rings. The van der Waals surface area contributed by atoms with E-state index in [1.807, 2.05) is 12.1 Å². The fourth-order valence-electron chi connectivity index (χ4n) is 1.35. The van der Waals surface area contributed by atoms with E-state index in [2.05, 4.69) is 14.7 Å². The molecular formula is C12H7N5O2S. The maximum atomic E-state index is 12.1. The minimum absolute atomic E-state index is 0.0653. The summed E-state index contributed by atoms with van der Waals surface area (Å²) in [6, 6.07) is 9.24. The minimum Gasteiger partial charge on any atom is -0.247 e. The van der Waals surface area contributed by atoms with Gasteiger partial charge in [0.1, 0.15) is 6.07 Å². The third-order valence-electron chi connectivity index (χ3n) is 2.28. The molecule has 98 valence electrons. The molecule has 1 N–H and O–H groups in total. The van der Waals surface area contributed by atoms with E-state index < -0.39 is 10.0 Å². The van der Waals surface area contributed by atoms with Crippen LogP contribution < -0.4 is 4.72 Å². The van der Waals surface area contributed by atoms with Crippen LogP contribution in [0.4, 0.5) is 5.95 Å². The fraction of sp³-hybridized carbons (Fsp3) is 0. The highest BCUT2D eigenvalue weighted by atomic mass is 32.2. The first-order chi connectivity index (χ1) is 9.55. The SMILES string of the molecule is N#Cc1cnc(NS(=O)(=O)c2cccc(C#N)c2)nc1. The van der Waals surface area contributed by atoms with Gasteiger partial charge in [0.05, 0.1) is 34.5 Å². The van der Waals surface area contributed by atoms with Gasteiger partial charge in [0, 0.05) is 0 Å². The number of nitrogens with one attached hydrogen (secondary N) is 1. The molecule has 0 radical (unpaired) electrons. The Morgan fingerprint density at radius 2 is 1.70 bits per heavy atom. The Bertz CT molecular complexity index is 816. The number of rotatable bonds is 3. The van der Waals surface area contributed by atoms with Gasteiger partial charge in [-0.15, -0.1) is 0 Å². The quantitative estimate of drug-likeness (QED) is 0.899. The Labute approximate surface area is 115 Å². The Hall–Kier alpha value is -2.97. The zero-order chi connectivity index (χ0) is 14.6. The molecule has 0 saturated carbocycles. The zero-order valence-electron chi connectivity index (χ0n) is 9.98. The standard InChI is InChI=1S/C12H7N5O2S/c13-5-9-2-1-3-11(4-9)20(18,19)17-12-15-7-10(6-14)8-16-12/h1-4,7-8H,(H,15,16,17). The first kappa shape index (κ1) is 13.5. The predicted molar refractivity (Wildman–Crippen MR) is 68.7 cm³/mol. The van der Waals surface area contributed by atoms with Gasteiger partial charge < -0.3 is 0 Å². The Morgan fingerprint density at radius 1 is 1.05 bits per heavy atom. The molecule has 1 aromatic heterocycles. The number of hydrogen-bond donors (Lipinski definition) is 1. The molecule has 0 spiro atoms. The lowest BCUT2D eigenvalue weighted by Crippen LogP contribution is -2.15. The number of nitrogens with zero attached hydrogens (tertiary/aromatic N) is 4. The second kappa shape index (κ2) is 5.34. The van der Waals surface area contributed by atoms with Crippen LogP contribution in [0.1, 0.15) is 11.1 Å². The second-order valence-corrected chi connectivity index (χ2v) is 5.33. The molecule has 0 aliphatic carbocycles. The van der Waals surface area contributed by atoms with E-state index in [9.17, 15) is 8.42 Å². The monoisotopic (exact) mass is 285 g/mol. The lowest BCUT2D eigenvalue weighted by atomic mass is 10.2. The highest BCUT2D eigenvalue weighted by Gasteiger charge is 2.16. The molecule has 0 bridgehead atoms. The molecule has 0 saturated heterocycles. The van der Waals surface area contributed by atoms with Crippen molar-refractivity contribution in [2.45, 2.75) is 4.90 Å². The van der Waals surface area contributed by atoms with Crippen molar-refractivity contribution in [2.24, 2.45) is 0 Å². The molecule has 0 unspecified atom stereocenters. The average Bonchev–Trinajstić information content (AvgIpc) is 2.48. The van der Waals surface area contributed by atoms with Crippen molar-refractivity contribution in [3.05, 3.63) is 47.8 Å². The van der Waals surface area contributed by atoms with Gasteiger partial charge in [-0.3, -0.25) is 0 Å². The van der Waals surface area contributed by atoms with Crippen molar-refractivity contribution < 1.29 is 8.42 Å².